The van der Waals surface area contributed by atoms with Crippen LogP contribution in [0.4, 0.5) is 0 Å². The van der Waals surface area contributed by atoms with Crippen molar-refractivity contribution in [1.82, 2.24) is 27.3 Å². The highest BCUT2D eigenvalue weighted by molar-refractivity contribution is 4.41. The van der Waals surface area contributed by atoms with Gasteiger partial charge in [-0.1, -0.05) is 0 Å². The third-order valence-electron chi connectivity index (χ3n) is 0.899. The van der Waals surface area contributed by atoms with Gasteiger partial charge in [0.25, 0.3) is 0 Å². The monoisotopic (exact) mass is 148 g/mol. The fourth-order valence-corrected chi connectivity index (χ4v) is 0.448. The van der Waals surface area contributed by atoms with Crippen LogP contribution in [0, 0.1) is 0 Å². The molecule has 7 N–H and O–H groups in total. The van der Waals surface area contributed by atoms with Gasteiger partial charge in [0.2, 0.25) is 0 Å². The van der Waals surface area contributed by atoms with Crippen LogP contribution in [0.2, 0.25) is 0 Å². The van der Waals surface area contributed by atoms with E-state index in [9.17, 15) is 0 Å². The maximum absolute atomic E-state index is 5.04. The molecule has 0 bridgehead atoms. The van der Waals surface area contributed by atoms with Crippen LogP contribution >= 0.6 is 0 Å². The third kappa shape index (κ3) is 7.76. The second-order valence-electron chi connectivity index (χ2n) is 1.73. The summed E-state index contributed by atoms with van der Waals surface area (Å²) in [5, 5.41) is 0. The topological polar surface area (TPSA) is 86.2 Å². The van der Waals surface area contributed by atoms with Gasteiger partial charge in [0.05, 0.1) is 0 Å². The standard InChI is InChI=1S/C4H16N6/c1-6-9-10-8-4-2-3-7-5/h6-10H,2-5H2,1H3. The van der Waals surface area contributed by atoms with E-state index in [1.165, 1.54) is 0 Å². The van der Waals surface area contributed by atoms with E-state index in [-0.39, 0.29) is 0 Å². The largest absolute Gasteiger partial charge is 0.271 e. The molecule has 6 nitrogen and oxygen atoms in total. The zero-order chi connectivity index (χ0) is 7.66. The molecule has 62 valence electrons. The molecule has 6 heteroatoms. The smallest absolute Gasteiger partial charge is 0.0126 e. The van der Waals surface area contributed by atoms with Crippen molar-refractivity contribution in [3.05, 3.63) is 0 Å². The number of hydrogen-bond acceptors (Lipinski definition) is 6. The zero-order valence-corrected chi connectivity index (χ0v) is 6.20. The molecule has 0 unspecified atom stereocenters. The Labute approximate surface area is 60.8 Å². The molecule has 0 aromatic rings. The lowest BCUT2D eigenvalue weighted by atomic mass is 10.4. The molecule has 0 fully saturated rings. The van der Waals surface area contributed by atoms with Gasteiger partial charge in [-0.15, -0.1) is 0 Å². The quantitative estimate of drug-likeness (QED) is 0.137. The summed E-state index contributed by atoms with van der Waals surface area (Å²) < 4.78 is 0. The van der Waals surface area contributed by atoms with E-state index >= 15 is 0 Å². The molecule has 0 rings (SSSR count). The highest BCUT2D eigenvalue weighted by Gasteiger charge is 1.82. The van der Waals surface area contributed by atoms with Gasteiger partial charge in [0.15, 0.2) is 0 Å². The molecule has 0 aliphatic carbocycles. The van der Waals surface area contributed by atoms with Crippen LogP contribution in [0.3, 0.4) is 0 Å². The van der Waals surface area contributed by atoms with Crippen molar-refractivity contribution in [2.75, 3.05) is 20.1 Å². The van der Waals surface area contributed by atoms with Crippen LogP contribution in [-0.2, 0) is 0 Å². The Hall–Kier alpha value is -0.240. The lowest BCUT2D eigenvalue weighted by Gasteiger charge is -2.05. The highest BCUT2D eigenvalue weighted by atomic mass is 15.7. The Morgan fingerprint density at radius 2 is 2.00 bits per heavy atom. The minimum atomic E-state index is 0.814. The van der Waals surface area contributed by atoms with Crippen molar-refractivity contribution in [1.29, 1.82) is 0 Å². The summed E-state index contributed by atoms with van der Waals surface area (Å²) in [7, 11) is 1.77. The number of nitrogens with two attached hydrogens (primary N) is 1. The summed E-state index contributed by atoms with van der Waals surface area (Å²) in [5.74, 6) is 5.04. The number of hydrogen-bond donors (Lipinski definition) is 6. The third-order valence-corrected chi connectivity index (χ3v) is 0.899. The van der Waals surface area contributed by atoms with Crippen LogP contribution in [-0.4, -0.2) is 20.1 Å². The summed E-state index contributed by atoms with van der Waals surface area (Å²) >= 11 is 0. The molecular weight excluding hydrogens is 132 g/mol. The Morgan fingerprint density at radius 1 is 1.20 bits per heavy atom. The van der Waals surface area contributed by atoms with E-state index in [4.69, 9.17) is 5.84 Å². The van der Waals surface area contributed by atoms with Crippen molar-refractivity contribution in [3.63, 3.8) is 0 Å². The van der Waals surface area contributed by atoms with E-state index < -0.39 is 0 Å². The van der Waals surface area contributed by atoms with Gasteiger partial charge in [-0.25, -0.2) is 10.9 Å². The van der Waals surface area contributed by atoms with Gasteiger partial charge in [0, 0.05) is 13.1 Å². The lowest BCUT2D eigenvalue weighted by Crippen LogP contribution is -2.49. The van der Waals surface area contributed by atoms with Gasteiger partial charge >= 0.3 is 0 Å². The predicted molar refractivity (Wildman–Crippen MR) is 40.1 cm³/mol. The molecule has 0 radical (unpaired) electrons. The highest BCUT2D eigenvalue weighted by Crippen LogP contribution is 1.65. The van der Waals surface area contributed by atoms with Gasteiger partial charge in [-0.05, 0) is 13.5 Å². The first kappa shape index (κ1) is 9.76. The van der Waals surface area contributed by atoms with Gasteiger partial charge in [0.1, 0.15) is 0 Å². The Bertz CT molecular complexity index is 49.7. The Morgan fingerprint density at radius 3 is 2.60 bits per heavy atom. The summed E-state index contributed by atoms with van der Waals surface area (Å²) in [6.07, 6.45) is 0.981. The number of rotatable bonds is 7. The van der Waals surface area contributed by atoms with E-state index in [2.05, 4.69) is 27.3 Å². The molecule has 0 amide bonds. The molecule has 0 aliphatic rings. The SMILES string of the molecule is CNNNNCCCNN. The normalized spacial score (nSPS) is 10.2. The lowest BCUT2D eigenvalue weighted by molar-refractivity contribution is 0.387. The van der Waals surface area contributed by atoms with Crippen molar-refractivity contribution in [3.8, 4) is 0 Å². The fraction of sp³-hybridized carbons (Fsp3) is 1.00. The molecule has 0 aliphatic heterocycles. The average molecular weight is 148 g/mol. The molecule has 10 heavy (non-hydrogen) atoms. The summed E-state index contributed by atoms with van der Waals surface area (Å²) in [4.78, 5) is 0. The minimum Gasteiger partial charge on any atom is -0.271 e. The number of nitrogens with one attached hydrogen (secondary N) is 5. The zero-order valence-electron chi connectivity index (χ0n) is 6.20. The molecular formula is C4H16N6. The molecule has 0 aromatic carbocycles. The van der Waals surface area contributed by atoms with Crippen molar-refractivity contribution in [2.24, 2.45) is 5.84 Å². The van der Waals surface area contributed by atoms with Crippen molar-refractivity contribution >= 4 is 0 Å². The molecule has 0 spiro atoms. The molecule has 0 atom stereocenters. The summed E-state index contributed by atoms with van der Waals surface area (Å²) in [6.45, 7) is 1.67. The van der Waals surface area contributed by atoms with Crippen LogP contribution < -0.4 is 33.2 Å². The van der Waals surface area contributed by atoms with Crippen LogP contribution in [0.15, 0.2) is 0 Å². The summed E-state index contributed by atoms with van der Waals surface area (Å²) in [5.41, 5.74) is 13.5. The molecule has 0 heterocycles. The van der Waals surface area contributed by atoms with Gasteiger partial charge in [-0.2, -0.15) is 11.1 Å². The Kier molecular flexibility index (Phi) is 8.55. The van der Waals surface area contributed by atoms with Crippen molar-refractivity contribution < 1.29 is 0 Å². The van der Waals surface area contributed by atoms with E-state index in [0.717, 1.165) is 19.5 Å². The fourth-order valence-electron chi connectivity index (χ4n) is 0.448. The predicted octanol–water partition coefficient (Wildman–Crippen LogP) is -2.43. The van der Waals surface area contributed by atoms with Gasteiger partial charge in [-0.3, -0.25) is 11.3 Å². The van der Waals surface area contributed by atoms with Crippen LogP contribution in [0.5, 0.6) is 0 Å². The van der Waals surface area contributed by atoms with E-state index in [1.54, 1.807) is 7.05 Å². The molecule has 0 aromatic heterocycles. The maximum atomic E-state index is 5.04. The second kappa shape index (κ2) is 8.76. The maximum Gasteiger partial charge on any atom is 0.0126 e. The first-order chi connectivity index (χ1) is 4.91. The first-order valence-electron chi connectivity index (χ1n) is 3.25. The summed E-state index contributed by atoms with van der Waals surface area (Å²) in [6, 6.07) is 0. The van der Waals surface area contributed by atoms with Crippen molar-refractivity contribution in [2.45, 2.75) is 6.42 Å². The minimum absolute atomic E-state index is 0.814. The van der Waals surface area contributed by atoms with E-state index in [0.29, 0.717) is 0 Å². The first-order valence-corrected chi connectivity index (χ1v) is 3.25. The van der Waals surface area contributed by atoms with E-state index in [1.807, 2.05) is 0 Å². The molecule has 0 saturated heterocycles. The van der Waals surface area contributed by atoms with Gasteiger partial charge < -0.3 is 0 Å². The van der Waals surface area contributed by atoms with Crippen LogP contribution in [0.25, 0.3) is 0 Å². The second-order valence-corrected chi connectivity index (χ2v) is 1.73. The molecule has 0 saturated carbocycles. The Balaban J connectivity index is 2.65. The number of hydrazine groups is 4. The van der Waals surface area contributed by atoms with Crippen LogP contribution in [0.1, 0.15) is 6.42 Å². The average Bonchev–Trinajstić information content (AvgIpc) is 1.97.